The quantitative estimate of drug-likeness (QED) is 0.717. The van der Waals surface area contributed by atoms with Crippen LogP contribution in [0.25, 0.3) is 0 Å². The fourth-order valence-corrected chi connectivity index (χ4v) is 2.74. The van der Waals surface area contributed by atoms with Crippen molar-refractivity contribution in [2.45, 2.75) is 13.3 Å². The van der Waals surface area contributed by atoms with Crippen molar-refractivity contribution >= 4 is 17.8 Å². The molecule has 0 saturated heterocycles. The van der Waals surface area contributed by atoms with E-state index >= 15 is 0 Å². The van der Waals surface area contributed by atoms with Crippen LogP contribution in [-0.4, -0.2) is 29.8 Å². The number of amides is 2. The minimum atomic E-state index is 0.00667. The predicted molar refractivity (Wildman–Crippen MR) is 59.0 cm³/mol. The van der Waals surface area contributed by atoms with E-state index in [1.165, 1.54) is 10.5 Å². The molecule has 0 atom stereocenters. The van der Waals surface area contributed by atoms with Crippen LogP contribution in [0.3, 0.4) is 0 Å². The van der Waals surface area contributed by atoms with Crippen LogP contribution < -0.4 is 5.32 Å². The topological polar surface area (TPSA) is 32.3 Å². The monoisotopic (exact) mass is 210 g/mol. The van der Waals surface area contributed by atoms with Crippen molar-refractivity contribution in [3.05, 3.63) is 22.8 Å². The molecule has 2 aliphatic rings. The number of nitrogens with one attached hydrogen (secondary N) is 1. The van der Waals surface area contributed by atoms with Crippen LogP contribution in [0.4, 0.5) is 4.79 Å². The van der Waals surface area contributed by atoms with Crippen molar-refractivity contribution in [3.63, 3.8) is 0 Å². The first-order chi connectivity index (χ1) is 6.81. The van der Waals surface area contributed by atoms with Gasteiger partial charge in [0.2, 0.25) is 0 Å². The van der Waals surface area contributed by atoms with Gasteiger partial charge >= 0.3 is 6.03 Å². The summed E-state index contributed by atoms with van der Waals surface area (Å²) in [5, 5.41) is 2.80. The van der Waals surface area contributed by atoms with Gasteiger partial charge in [-0.1, -0.05) is 0 Å². The highest BCUT2D eigenvalue weighted by atomic mass is 32.2. The smallest absolute Gasteiger partial charge is 0.321 e. The first-order valence-corrected chi connectivity index (χ1v) is 5.87. The fourth-order valence-electron chi connectivity index (χ4n) is 1.64. The van der Waals surface area contributed by atoms with Crippen molar-refractivity contribution in [2.75, 3.05) is 18.8 Å². The maximum Gasteiger partial charge on any atom is 0.321 e. The van der Waals surface area contributed by atoms with Crippen molar-refractivity contribution in [1.82, 2.24) is 10.2 Å². The molecule has 2 amide bonds. The highest BCUT2D eigenvalue weighted by molar-refractivity contribution is 8.03. The van der Waals surface area contributed by atoms with Crippen LogP contribution in [0.2, 0.25) is 0 Å². The molecule has 2 heterocycles. The molecule has 0 unspecified atom stereocenters. The lowest BCUT2D eigenvalue weighted by Gasteiger charge is -2.22. The number of thioether (sulfide) groups is 1. The molecule has 0 aromatic heterocycles. The van der Waals surface area contributed by atoms with Gasteiger partial charge in [0, 0.05) is 29.9 Å². The molecule has 4 heteroatoms. The van der Waals surface area contributed by atoms with E-state index < -0.39 is 0 Å². The third-order valence-electron chi connectivity index (χ3n) is 2.37. The Morgan fingerprint density at radius 3 is 3.36 bits per heavy atom. The summed E-state index contributed by atoms with van der Waals surface area (Å²) in [6.07, 6.45) is 5.05. The van der Waals surface area contributed by atoms with Crippen molar-refractivity contribution < 1.29 is 4.79 Å². The number of hydrogen-bond donors (Lipinski definition) is 1. The summed E-state index contributed by atoms with van der Waals surface area (Å²) < 4.78 is 0. The molecule has 0 spiro atoms. The Morgan fingerprint density at radius 1 is 1.71 bits per heavy atom. The maximum absolute atomic E-state index is 11.5. The number of rotatable bonds is 1. The first-order valence-electron chi connectivity index (χ1n) is 4.88. The second kappa shape index (κ2) is 4.09. The Morgan fingerprint density at radius 2 is 2.57 bits per heavy atom. The lowest BCUT2D eigenvalue weighted by atomic mass is 10.1. The average molecular weight is 210 g/mol. The Kier molecular flexibility index (Phi) is 2.82. The Labute approximate surface area is 88.2 Å². The zero-order valence-electron chi connectivity index (χ0n) is 8.25. The Balaban J connectivity index is 2.01. The van der Waals surface area contributed by atoms with Gasteiger partial charge in [0.15, 0.2) is 0 Å². The Bertz CT molecular complexity index is 309. The summed E-state index contributed by atoms with van der Waals surface area (Å²) in [6, 6.07) is 0.00667. The molecule has 14 heavy (non-hydrogen) atoms. The van der Waals surface area contributed by atoms with Crippen LogP contribution in [0.15, 0.2) is 22.8 Å². The summed E-state index contributed by atoms with van der Waals surface area (Å²) >= 11 is 1.89. The van der Waals surface area contributed by atoms with Gasteiger partial charge in [0.05, 0.1) is 0 Å². The zero-order valence-corrected chi connectivity index (χ0v) is 9.06. The van der Waals surface area contributed by atoms with Gasteiger partial charge < -0.3 is 5.32 Å². The summed E-state index contributed by atoms with van der Waals surface area (Å²) in [4.78, 5) is 14.6. The van der Waals surface area contributed by atoms with Crippen LogP contribution in [-0.2, 0) is 0 Å². The van der Waals surface area contributed by atoms with Gasteiger partial charge in [-0.15, -0.1) is 11.8 Å². The lowest BCUT2D eigenvalue weighted by molar-refractivity contribution is 0.218. The van der Waals surface area contributed by atoms with E-state index in [2.05, 4.69) is 5.32 Å². The van der Waals surface area contributed by atoms with Crippen molar-refractivity contribution in [2.24, 2.45) is 0 Å². The number of carbonyl (C=O) groups excluding carboxylic acids is 1. The molecular weight excluding hydrogens is 196 g/mol. The number of hydrogen-bond acceptors (Lipinski definition) is 2. The second-order valence-corrected chi connectivity index (χ2v) is 4.48. The summed E-state index contributed by atoms with van der Waals surface area (Å²) in [5.74, 6) is 1.16. The van der Waals surface area contributed by atoms with Crippen molar-refractivity contribution in [1.29, 1.82) is 0 Å². The van der Waals surface area contributed by atoms with Crippen LogP contribution in [0.1, 0.15) is 13.3 Å². The lowest BCUT2D eigenvalue weighted by Crippen LogP contribution is -2.38. The molecule has 0 aliphatic carbocycles. The third-order valence-corrected chi connectivity index (χ3v) is 3.51. The molecule has 0 fully saturated rings. The maximum atomic E-state index is 11.5. The number of allylic oxidation sites excluding steroid dienone is 1. The highest BCUT2D eigenvalue weighted by Crippen LogP contribution is 2.34. The SMILES string of the molecule is CCNC(=O)N1C=CC2=C(CCS2)C1. The molecule has 2 rings (SSSR count). The van der Waals surface area contributed by atoms with E-state index in [0.717, 1.165) is 18.7 Å². The average Bonchev–Trinajstić information content (AvgIpc) is 2.64. The largest absolute Gasteiger partial charge is 0.338 e. The number of nitrogens with zero attached hydrogens (tertiary/aromatic N) is 1. The molecule has 2 aliphatic heterocycles. The molecule has 0 aromatic rings. The highest BCUT2D eigenvalue weighted by Gasteiger charge is 2.21. The van der Waals surface area contributed by atoms with Gasteiger partial charge in [0.1, 0.15) is 0 Å². The molecule has 0 bridgehead atoms. The fraction of sp³-hybridized carbons (Fsp3) is 0.500. The normalized spacial score (nSPS) is 19.9. The van der Waals surface area contributed by atoms with E-state index in [1.54, 1.807) is 4.90 Å². The summed E-state index contributed by atoms with van der Waals surface area (Å²) in [5.41, 5.74) is 1.41. The predicted octanol–water partition coefficient (Wildman–Crippen LogP) is 1.94. The van der Waals surface area contributed by atoms with Gasteiger partial charge in [-0.2, -0.15) is 0 Å². The molecule has 76 valence electrons. The minimum absolute atomic E-state index is 0.00667. The number of urea groups is 1. The van der Waals surface area contributed by atoms with E-state index in [-0.39, 0.29) is 6.03 Å². The Hall–Kier alpha value is -0.900. The third kappa shape index (κ3) is 1.80. The van der Waals surface area contributed by atoms with Gasteiger partial charge in [-0.25, -0.2) is 4.79 Å². The summed E-state index contributed by atoms with van der Waals surface area (Å²) in [7, 11) is 0. The minimum Gasteiger partial charge on any atom is -0.338 e. The van der Waals surface area contributed by atoms with E-state index in [9.17, 15) is 4.79 Å². The van der Waals surface area contributed by atoms with Crippen LogP contribution in [0, 0.1) is 0 Å². The van der Waals surface area contributed by atoms with Gasteiger partial charge in [0.25, 0.3) is 0 Å². The summed E-state index contributed by atoms with van der Waals surface area (Å²) in [6.45, 7) is 3.39. The van der Waals surface area contributed by atoms with Gasteiger partial charge in [-0.05, 0) is 25.0 Å². The van der Waals surface area contributed by atoms with E-state index in [1.807, 2.05) is 31.0 Å². The molecule has 0 aromatic carbocycles. The van der Waals surface area contributed by atoms with E-state index in [4.69, 9.17) is 0 Å². The van der Waals surface area contributed by atoms with E-state index in [0.29, 0.717) is 6.54 Å². The van der Waals surface area contributed by atoms with Crippen molar-refractivity contribution in [3.8, 4) is 0 Å². The molecule has 0 saturated carbocycles. The molecule has 0 radical (unpaired) electrons. The van der Waals surface area contributed by atoms with Gasteiger partial charge in [-0.3, -0.25) is 4.90 Å². The van der Waals surface area contributed by atoms with Crippen LogP contribution in [0.5, 0.6) is 0 Å². The second-order valence-electron chi connectivity index (χ2n) is 3.35. The molecule has 1 N–H and O–H groups in total. The molecular formula is C10H14N2OS. The molecule has 3 nitrogen and oxygen atoms in total. The zero-order chi connectivity index (χ0) is 9.97. The van der Waals surface area contributed by atoms with Crippen LogP contribution >= 0.6 is 11.8 Å². The number of carbonyl (C=O) groups is 1. The standard InChI is InChI=1S/C10H14N2OS/c1-2-11-10(13)12-5-3-9-8(7-12)4-6-14-9/h3,5H,2,4,6-7H2,1H3,(H,11,13). The first kappa shape index (κ1) is 9.65.